The van der Waals surface area contributed by atoms with E-state index in [9.17, 15) is 28.4 Å². The second-order valence-electron chi connectivity index (χ2n) is 17.3. The van der Waals surface area contributed by atoms with Crippen LogP contribution >= 0.6 is 11.6 Å². The average molecular weight is 928 g/mol. The average Bonchev–Trinajstić information content (AvgIpc) is 3.89. The summed E-state index contributed by atoms with van der Waals surface area (Å²) in [5.74, 6) is -0.541. The molecule has 0 aliphatic carbocycles. The van der Waals surface area contributed by atoms with Crippen LogP contribution in [0.4, 0.5) is 4.39 Å². The molecule has 0 bridgehead atoms. The highest BCUT2D eigenvalue weighted by atomic mass is 35.5. The summed E-state index contributed by atoms with van der Waals surface area (Å²) in [7, 11) is 1.90. The van der Waals surface area contributed by atoms with Crippen LogP contribution < -0.4 is 15.4 Å². The zero-order valence-corrected chi connectivity index (χ0v) is 38.6. The number of para-hydroxylation sites is 1. The number of nitrogens with zero attached hydrogens (tertiary/aromatic N) is 7. The van der Waals surface area contributed by atoms with E-state index in [0.29, 0.717) is 92.0 Å². The molecule has 2 fully saturated rings. The third-order valence-corrected chi connectivity index (χ3v) is 13.6. The summed E-state index contributed by atoms with van der Waals surface area (Å²) in [5.41, 5.74) is 7.21. The molecule has 2 aliphatic rings. The molecule has 4 amide bonds. The summed E-state index contributed by atoms with van der Waals surface area (Å²) in [6.45, 7) is 9.52. The van der Waals surface area contributed by atoms with Crippen molar-refractivity contribution in [3.8, 4) is 16.9 Å². The van der Waals surface area contributed by atoms with Gasteiger partial charge in [-0.3, -0.25) is 38.9 Å². The number of piperazine rings is 1. The number of aryl methyl sites for hydroxylation is 4. The number of fused-ring (bicyclic) bond motifs is 3. The molecule has 2 aliphatic heterocycles. The minimum atomic E-state index is -0.832. The number of hydrogen-bond acceptors (Lipinski definition) is 9. The van der Waals surface area contributed by atoms with E-state index < -0.39 is 17.9 Å². The lowest BCUT2D eigenvalue weighted by Gasteiger charge is -2.35. The van der Waals surface area contributed by atoms with Gasteiger partial charge in [0.15, 0.2) is 6.29 Å². The summed E-state index contributed by atoms with van der Waals surface area (Å²) in [6.07, 6.45) is 2.46. The van der Waals surface area contributed by atoms with Crippen LogP contribution in [-0.4, -0.2) is 109 Å². The Balaban J connectivity index is 0.904. The van der Waals surface area contributed by atoms with Crippen LogP contribution in [0.1, 0.15) is 62.9 Å². The van der Waals surface area contributed by atoms with Gasteiger partial charge < -0.3 is 24.1 Å². The number of halogens is 2. The van der Waals surface area contributed by atoms with Gasteiger partial charge >= 0.3 is 0 Å². The molecule has 346 valence electrons. The van der Waals surface area contributed by atoms with E-state index in [1.165, 1.54) is 12.1 Å². The van der Waals surface area contributed by atoms with E-state index in [1.807, 2.05) is 66.9 Å². The Morgan fingerprint density at radius 2 is 1.73 bits per heavy atom. The second kappa shape index (κ2) is 18.8. The molecule has 1 unspecified atom stereocenters. The van der Waals surface area contributed by atoms with E-state index in [1.54, 1.807) is 29.7 Å². The second-order valence-corrected chi connectivity index (χ2v) is 17.7. The van der Waals surface area contributed by atoms with Crippen molar-refractivity contribution >= 4 is 74.2 Å². The molecule has 0 spiro atoms. The Hall–Kier alpha value is -6.91. The number of aldehydes is 1. The quantitative estimate of drug-likeness (QED) is 0.0707. The molecule has 2 saturated heterocycles. The van der Waals surface area contributed by atoms with Gasteiger partial charge in [0.25, 0.3) is 5.91 Å². The standard InChI is InChI=1S/C50H51ClFN9O6/c1-29-45(30(2)57(4)56-29)46-38(51)16-15-36-35(10-7-25-67-42-12-5-8-32-26-33(52)13-14-34(32)42)41(28-62)60(48(36)46)24-21-58-19-22-59(23-20-58)44(64)27-61-31(3)53-47-37(9-6-11-40(47)61)49(65)54-39-17-18-43(63)55-50(39)66/h5-6,8-9,11-16,26,28,39H,7,10,17-25,27H2,1-4H3,(H,54,65)(H,55,63,66). The fraction of sp³-hybridized carbons (Fsp3) is 0.340. The lowest BCUT2D eigenvalue weighted by Crippen LogP contribution is -2.52. The highest BCUT2D eigenvalue weighted by Crippen LogP contribution is 2.42. The topological polar surface area (TPSA) is 166 Å². The lowest BCUT2D eigenvalue weighted by molar-refractivity contribution is -0.135. The number of imide groups is 1. The smallest absolute Gasteiger partial charge is 0.254 e. The van der Waals surface area contributed by atoms with Gasteiger partial charge in [-0.1, -0.05) is 35.9 Å². The fourth-order valence-corrected chi connectivity index (χ4v) is 9.95. The van der Waals surface area contributed by atoms with Gasteiger partial charge in [0.2, 0.25) is 17.7 Å². The first-order chi connectivity index (χ1) is 32.3. The number of hydrogen-bond donors (Lipinski definition) is 2. The Morgan fingerprint density at radius 1 is 0.955 bits per heavy atom. The Morgan fingerprint density at radius 3 is 2.48 bits per heavy atom. The number of carbonyl (C=O) groups is 5. The zero-order valence-electron chi connectivity index (χ0n) is 37.8. The summed E-state index contributed by atoms with van der Waals surface area (Å²) in [4.78, 5) is 73.2. The minimum absolute atomic E-state index is 0.0328. The third-order valence-electron chi connectivity index (χ3n) is 13.2. The molecule has 67 heavy (non-hydrogen) atoms. The molecule has 5 heterocycles. The minimum Gasteiger partial charge on any atom is -0.493 e. The van der Waals surface area contributed by atoms with E-state index in [4.69, 9.17) is 21.4 Å². The van der Waals surface area contributed by atoms with Gasteiger partial charge in [0.05, 0.1) is 39.6 Å². The van der Waals surface area contributed by atoms with Crippen molar-refractivity contribution in [2.24, 2.45) is 7.05 Å². The molecular weight excluding hydrogens is 877 g/mol. The monoisotopic (exact) mass is 927 g/mol. The van der Waals surface area contributed by atoms with E-state index in [2.05, 4.69) is 25.1 Å². The first-order valence-corrected chi connectivity index (χ1v) is 22.9. The molecule has 3 aromatic heterocycles. The van der Waals surface area contributed by atoms with Gasteiger partial charge in [-0.05, 0) is 93.4 Å². The van der Waals surface area contributed by atoms with Gasteiger partial charge in [-0.25, -0.2) is 9.37 Å². The summed E-state index contributed by atoms with van der Waals surface area (Å²) < 4.78 is 25.9. The number of ether oxygens (including phenoxy) is 1. The van der Waals surface area contributed by atoms with E-state index in [-0.39, 0.29) is 42.6 Å². The van der Waals surface area contributed by atoms with Gasteiger partial charge in [-0.2, -0.15) is 5.10 Å². The van der Waals surface area contributed by atoms with Gasteiger partial charge in [-0.15, -0.1) is 0 Å². The first kappa shape index (κ1) is 45.3. The molecule has 7 aromatic rings. The van der Waals surface area contributed by atoms with Crippen molar-refractivity contribution in [3.63, 3.8) is 0 Å². The van der Waals surface area contributed by atoms with Crippen molar-refractivity contribution in [3.05, 3.63) is 112 Å². The van der Waals surface area contributed by atoms with Crippen molar-refractivity contribution in [1.82, 2.24) is 44.3 Å². The van der Waals surface area contributed by atoms with Crippen molar-refractivity contribution < 1.29 is 33.1 Å². The maximum atomic E-state index is 13.9. The molecule has 4 aromatic carbocycles. The van der Waals surface area contributed by atoms with Crippen molar-refractivity contribution in [1.29, 1.82) is 0 Å². The normalized spacial score (nSPS) is 15.7. The van der Waals surface area contributed by atoms with Crippen LogP contribution in [0.2, 0.25) is 5.02 Å². The highest BCUT2D eigenvalue weighted by molar-refractivity contribution is 6.35. The number of aromatic nitrogens is 5. The molecule has 2 N–H and O–H groups in total. The summed E-state index contributed by atoms with van der Waals surface area (Å²) >= 11 is 7.10. The summed E-state index contributed by atoms with van der Waals surface area (Å²) in [6, 6.07) is 18.4. The maximum Gasteiger partial charge on any atom is 0.254 e. The predicted molar refractivity (Wildman–Crippen MR) is 253 cm³/mol. The molecule has 15 nitrogen and oxygen atoms in total. The molecule has 0 radical (unpaired) electrons. The Bertz CT molecular complexity index is 3130. The number of imidazole rings is 1. The lowest BCUT2D eigenvalue weighted by atomic mass is 9.98. The van der Waals surface area contributed by atoms with E-state index in [0.717, 1.165) is 56.0 Å². The summed E-state index contributed by atoms with van der Waals surface area (Å²) in [5, 5.41) is 12.8. The number of carbonyl (C=O) groups excluding carboxylic acids is 5. The number of amides is 4. The van der Waals surface area contributed by atoms with Crippen LogP contribution in [0.3, 0.4) is 0 Å². The largest absolute Gasteiger partial charge is 0.493 e. The molecule has 0 saturated carbocycles. The molecule has 9 rings (SSSR count). The van der Waals surface area contributed by atoms with Crippen molar-refractivity contribution in [2.75, 3.05) is 39.3 Å². The highest BCUT2D eigenvalue weighted by Gasteiger charge is 2.30. The maximum absolute atomic E-state index is 13.9. The number of piperidine rings is 1. The Labute approximate surface area is 390 Å². The first-order valence-electron chi connectivity index (χ1n) is 22.5. The SMILES string of the molecule is Cc1nn(C)c(C)c1-c1c(Cl)ccc2c(CCCOc3cccc4cc(F)ccc34)c(C=O)n(CCN3CCN(C(=O)Cn4c(C)nc5c(C(=O)NC6CCC(=O)NC6=O)cccc54)CC3)c12. The number of rotatable bonds is 14. The number of benzene rings is 4. The van der Waals surface area contributed by atoms with Crippen LogP contribution in [0.15, 0.2) is 66.7 Å². The fourth-order valence-electron chi connectivity index (χ4n) is 9.71. The molecule has 17 heteroatoms. The van der Waals surface area contributed by atoms with Crippen LogP contribution in [-0.2, 0) is 40.9 Å². The zero-order chi connectivity index (χ0) is 47.1. The molecule has 1 atom stereocenters. The number of nitrogens with one attached hydrogen (secondary N) is 2. The van der Waals surface area contributed by atoms with Gasteiger partial charge in [0, 0.05) is 80.3 Å². The molecular formula is C50H51ClFN9O6. The third kappa shape index (κ3) is 8.78. The van der Waals surface area contributed by atoms with Crippen molar-refractivity contribution in [2.45, 2.75) is 65.6 Å². The van der Waals surface area contributed by atoms with Gasteiger partial charge in [0.1, 0.15) is 35.5 Å². The van der Waals surface area contributed by atoms with Crippen LogP contribution in [0.25, 0.3) is 43.8 Å². The van der Waals surface area contributed by atoms with E-state index >= 15 is 0 Å². The van der Waals surface area contributed by atoms with Crippen LogP contribution in [0.5, 0.6) is 5.75 Å². The Kier molecular flexibility index (Phi) is 12.7. The predicted octanol–water partition coefficient (Wildman–Crippen LogP) is 6.47. The van der Waals surface area contributed by atoms with Crippen LogP contribution in [0, 0.1) is 26.6 Å².